The van der Waals surface area contributed by atoms with Gasteiger partial charge in [-0.2, -0.15) is 11.3 Å². The van der Waals surface area contributed by atoms with Crippen LogP contribution in [-0.4, -0.2) is 9.97 Å². The summed E-state index contributed by atoms with van der Waals surface area (Å²) in [5.74, 6) is 0.669. The van der Waals surface area contributed by atoms with Gasteiger partial charge < -0.3 is 4.98 Å². The number of nitrogens with zero attached hydrogens (tertiary/aromatic N) is 1. The van der Waals surface area contributed by atoms with Crippen LogP contribution in [0.25, 0.3) is 0 Å². The zero-order chi connectivity index (χ0) is 9.97. The normalized spacial score (nSPS) is 10.4. The van der Waals surface area contributed by atoms with E-state index >= 15 is 0 Å². The average molecular weight is 206 g/mol. The average Bonchev–Trinajstić information content (AvgIpc) is 2.54. The predicted molar refractivity (Wildman–Crippen MR) is 56.7 cm³/mol. The minimum Gasteiger partial charge on any atom is -0.311 e. The molecule has 0 amide bonds. The van der Waals surface area contributed by atoms with Gasteiger partial charge in [0.25, 0.3) is 5.56 Å². The van der Waals surface area contributed by atoms with Gasteiger partial charge in [0.15, 0.2) is 0 Å². The van der Waals surface area contributed by atoms with Crippen LogP contribution in [-0.2, 0) is 6.42 Å². The van der Waals surface area contributed by atoms with E-state index in [0.29, 0.717) is 5.82 Å². The van der Waals surface area contributed by atoms with Crippen molar-refractivity contribution in [2.75, 3.05) is 0 Å². The molecule has 0 aliphatic carbocycles. The van der Waals surface area contributed by atoms with Crippen molar-refractivity contribution in [3.63, 3.8) is 0 Å². The van der Waals surface area contributed by atoms with E-state index in [4.69, 9.17) is 0 Å². The molecule has 0 fully saturated rings. The summed E-state index contributed by atoms with van der Waals surface area (Å²) in [6, 6.07) is 3.59. The number of aryl methyl sites for hydroxylation is 1. The van der Waals surface area contributed by atoms with Gasteiger partial charge in [-0.15, -0.1) is 0 Å². The van der Waals surface area contributed by atoms with Crippen molar-refractivity contribution in [3.8, 4) is 0 Å². The van der Waals surface area contributed by atoms with Crippen molar-refractivity contribution < 1.29 is 0 Å². The first-order chi connectivity index (χ1) is 6.74. The molecule has 0 bridgehead atoms. The van der Waals surface area contributed by atoms with Gasteiger partial charge in [0.05, 0.1) is 5.69 Å². The molecule has 14 heavy (non-hydrogen) atoms. The molecule has 0 aliphatic heterocycles. The molecule has 0 saturated carbocycles. The number of hydrogen-bond donors (Lipinski definition) is 1. The summed E-state index contributed by atoms with van der Waals surface area (Å²) in [6.07, 6.45) is 0.730. The third-order valence-electron chi connectivity index (χ3n) is 1.88. The van der Waals surface area contributed by atoms with Gasteiger partial charge in [-0.3, -0.25) is 4.79 Å². The van der Waals surface area contributed by atoms with Crippen LogP contribution in [0.1, 0.15) is 17.1 Å². The summed E-state index contributed by atoms with van der Waals surface area (Å²) in [5, 5.41) is 4.09. The summed E-state index contributed by atoms with van der Waals surface area (Å²) >= 11 is 1.65. The summed E-state index contributed by atoms with van der Waals surface area (Å²) in [4.78, 5) is 18.0. The Morgan fingerprint density at radius 2 is 2.43 bits per heavy atom. The molecule has 2 rings (SSSR count). The van der Waals surface area contributed by atoms with Gasteiger partial charge in [-0.1, -0.05) is 0 Å². The largest absolute Gasteiger partial charge is 0.311 e. The molecule has 72 valence electrons. The minimum atomic E-state index is -0.0808. The van der Waals surface area contributed by atoms with E-state index in [1.165, 1.54) is 5.56 Å². The van der Waals surface area contributed by atoms with Crippen LogP contribution in [0.3, 0.4) is 0 Å². The first-order valence-electron chi connectivity index (χ1n) is 4.32. The van der Waals surface area contributed by atoms with Crippen LogP contribution in [0.2, 0.25) is 0 Å². The number of nitrogens with one attached hydrogen (secondary N) is 1. The number of thiophene rings is 1. The summed E-state index contributed by atoms with van der Waals surface area (Å²) in [5.41, 5.74) is 1.94. The molecule has 0 aliphatic rings. The second-order valence-electron chi connectivity index (χ2n) is 3.13. The monoisotopic (exact) mass is 206 g/mol. The highest BCUT2D eigenvalue weighted by molar-refractivity contribution is 7.07. The molecule has 3 nitrogen and oxygen atoms in total. The van der Waals surface area contributed by atoms with Gasteiger partial charge in [-0.05, 0) is 29.3 Å². The van der Waals surface area contributed by atoms with Crippen molar-refractivity contribution in [1.82, 2.24) is 9.97 Å². The van der Waals surface area contributed by atoms with E-state index in [1.54, 1.807) is 24.3 Å². The van der Waals surface area contributed by atoms with Crippen LogP contribution >= 0.6 is 11.3 Å². The second kappa shape index (κ2) is 3.75. The lowest BCUT2D eigenvalue weighted by Crippen LogP contribution is -2.10. The van der Waals surface area contributed by atoms with E-state index in [2.05, 4.69) is 15.3 Å². The van der Waals surface area contributed by atoms with E-state index in [9.17, 15) is 4.79 Å². The molecule has 2 aromatic heterocycles. The standard InChI is InChI=1S/C10H10N2OS/c1-7-11-9(5-10(13)12-7)4-8-2-3-14-6-8/h2-3,5-6H,4H2,1H3,(H,11,12,13). The molecular weight excluding hydrogens is 196 g/mol. The van der Waals surface area contributed by atoms with Crippen LogP contribution < -0.4 is 5.56 Å². The zero-order valence-electron chi connectivity index (χ0n) is 7.78. The van der Waals surface area contributed by atoms with Crippen molar-refractivity contribution >= 4 is 11.3 Å². The van der Waals surface area contributed by atoms with Gasteiger partial charge in [0.1, 0.15) is 5.82 Å². The van der Waals surface area contributed by atoms with Gasteiger partial charge in [0.2, 0.25) is 0 Å². The summed E-state index contributed by atoms with van der Waals surface area (Å²) in [7, 11) is 0. The Morgan fingerprint density at radius 1 is 1.57 bits per heavy atom. The van der Waals surface area contributed by atoms with E-state index in [0.717, 1.165) is 12.1 Å². The first kappa shape index (κ1) is 9.15. The van der Waals surface area contributed by atoms with E-state index in [-0.39, 0.29) is 5.56 Å². The Morgan fingerprint density at radius 3 is 3.07 bits per heavy atom. The van der Waals surface area contributed by atoms with Crippen molar-refractivity contribution in [2.45, 2.75) is 13.3 Å². The zero-order valence-corrected chi connectivity index (χ0v) is 8.60. The fourth-order valence-corrected chi connectivity index (χ4v) is 2.00. The molecule has 2 heterocycles. The number of H-pyrrole nitrogens is 1. The number of aromatic nitrogens is 2. The number of aromatic amines is 1. The molecule has 1 N–H and O–H groups in total. The maximum absolute atomic E-state index is 11.1. The van der Waals surface area contributed by atoms with Crippen molar-refractivity contribution in [1.29, 1.82) is 0 Å². The molecule has 0 saturated heterocycles. The molecule has 0 unspecified atom stereocenters. The maximum Gasteiger partial charge on any atom is 0.251 e. The topological polar surface area (TPSA) is 45.8 Å². The lowest BCUT2D eigenvalue weighted by molar-refractivity contribution is 0.947. The SMILES string of the molecule is Cc1nc(Cc2ccsc2)cc(=O)[nH]1. The summed E-state index contributed by atoms with van der Waals surface area (Å²) in [6.45, 7) is 1.79. The highest BCUT2D eigenvalue weighted by Gasteiger charge is 2.00. The van der Waals surface area contributed by atoms with Crippen LogP contribution in [0.15, 0.2) is 27.7 Å². The number of hydrogen-bond acceptors (Lipinski definition) is 3. The highest BCUT2D eigenvalue weighted by atomic mass is 32.1. The molecule has 0 atom stereocenters. The van der Waals surface area contributed by atoms with Crippen LogP contribution in [0.5, 0.6) is 0 Å². The fraction of sp³-hybridized carbons (Fsp3) is 0.200. The van der Waals surface area contributed by atoms with E-state index < -0.39 is 0 Å². The smallest absolute Gasteiger partial charge is 0.251 e. The second-order valence-corrected chi connectivity index (χ2v) is 3.91. The predicted octanol–water partition coefficient (Wildman–Crippen LogP) is 1.73. The lowest BCUT2D eigenvalue weighted by atomic mass is 10.2. The Labute approximate surface area is 85.5 Å². The third kappa shape index (κ3) is 2.09. The Balaban J connectivity index is 2.29. The third-order valence-corrected chi connectivity index (χ3v) is 2.61. The molecule has 0 spiro atoms. The van der Waals surface area contributed by atoms with Gasteiger partial charge in [0, 0.05) is 12.5 Å². The molecule has 0 radical (unpaired) electrons. The quantitative estimate of drug-likeness (QED) is 0.813. The van der Waals surface area contributed by atoms with Crippen LogP contribution in [0, 0.1) is 6.92 Å². The van der Waals surface area contributed by atoms with E-state index in [1.807, 2.05) is 11.4 Å². The molecule has 2 aromatic rings. The molecule has 4 heteroatoms. The Kier molecular flexibility index (Phi) is 2.45. The van der Waals surface area contributed by atoms with Crippen LogP contribution in [0.4, 0.5) is 0 Å². The van der Waals surface area contributed by atoms with Gasteiger partial charge >= 0.3 is 0 Å². The van der Waals surface area contributed by atoms with Crippen molar-refractivity contribution in [3.05, 3.63) is 50.3 Å². The van der Waals surface area contributed by atoms with Crippen molar-refractivity contribution in [2.24, 2.45) is 0 Å². The first-order valence-corrected chi connectivity index (χ1v) is 5.26. The lowest BCUT2D eigenvalue weighted by Gasteiger charge is -1.98. The summed E-state index contributed by atoms with van der Waals surface area (Å²) < 4.78 is 0. The molecule has 0 aromatic carbocycles. The fourth-order valence-electron chi connectivity index (χ4n) is 1.33. The maximum atomic E-state index is 11.1. The minimum absolute atomic E-state index is 0.0808. The highest BCUT2D eigenvalue weighted by Crippen LogP contribution is 2.09. The van der Waals surface area contributed by atoms with Gasteiger partial charge in [-0.25, -0.2) is 4.98 Å². The molecular formula is C10H10N2OS. The number of rotatable bonds is 2. The Bertz CT molecular complexity index is 473. The Hall–Kier alpha value is -1.42.